The highest BCUT2D eigenvalue weighted by molar-refractivity contribution is 6.03. The first kappa shape index (κ1) is 13.9. The maximum Gasteiger partial charge on any atom is 0.277 e. The lowest BCUT2D eigenvalue weighted by Crippen LogP contribution is -2.11. The Balaban J connectivity index is 2.28. The van der Waals surface area contributed by atoms with Crippen LogP contribution in [-0.4, -0.2) is 16.6 Å². The van der Waals surface area contributed by atoms with Gasteiger partial charge in [-0.2, -0.15) is 0 Å². The Morgan fingerprint density at radius 3 is 2.50 bits per heavy atom. The van der Waals surface area contributed by atoms with Crippen LogP contribution in [0.5, 0.6) is 0 Å². The molecule has 6 nitrogen and oxygen atoms in total. The van der Waals surface area contributed by atoms with Crippen LogP contribution in [0.1, 0.15) is 32.7 Å². The third kappa shape index (κ3) is 2.14. The van der Waals surface area contributed by atoms with Gasteiger partial charge in [0.1, 0.15) is 0 Å². The van der Waals surface area contributed by atoms with E-state index in [0.29, 0.717) is 29.5 Å². The number of rotatable bonds is 3. The van der Waals surface area contributed by atoms with Gasteiger partial charge in [-0.15, -0.1) is 0 Å². The lowest BCUT2D eigenvalue weighted by molar-refractivity contribution is -0.384. The second kappa shape index (κ2) is 5.07. The topological polar surface area (TPSA) is 103 Å². The molecule has 0 bridgehead atoms. The molecule has 22 heavy (non-hydrogen) atoms. The van der Waals surface area contributed by atoms with E-state index < -0.39 is 10.8 Å². The van der Waals surface area contributed by atoms with Gasteiger partial charge in [-0.3, -0.25) is 19.7 Å². The van der Waals surface area contributed by atoms with E-state index >= 15 is 0 Å². The number of nitrogens with zero attached hydrogens (tertiary/aromatic N) is 1. The van der Waals surface area contributed by atoms with Gasteiger partial charge in [-0.25, -0.2) is 0 Å². The third-order valence-electron chi connectivity index (χ3n) is 3.85. The summed E-state index contributed by atoms with van der Waals surface area (Å²) in [4.78, 5) is 33.9. The molecule has 0 saturated heterocycles. The van der Waals surface area contributed by atoms with Crippen molar-refractivity contribution in [2.45, 2.75) is 12.8 Å². The molecule has 1 amide bonds. The zero-order valence-electron chi connectivity index (χ0n) is 11.5. The summed E-state index contributed by atoms with van der Waals surface area (Å²) in [6.45, 7) is 0. The van der Waals surface area contributed by atoms with E-state index in [-0.39, 0.29) is 17.0 Å². The zero-order chi connectivity index (χ0) is 15.9. The molecule has 0 saturated carbocycles. The van der Waals surface area contributed by atoms with Gasteiger partial charge in [0, 0.05) is 23.6 Å². The number of nitro benzene ring substituents is 1. The van der Waals surface area contributed by atoms with Crippen molar-refractivity contribution >= 4 is 17.4 Å². The number of primary amides is 1. The largest absolute Gasteiger partial charge is 0.366 e. The number of nitro groups is 1. The van der Waals surface area contributed by atoms with E-state index in [1.54, 1.807) is 18.2 Å². The van der Waals surface area contributed by atoms with E-state index in [2.05, 4.69) is 0 Å². The van der Waals surface area contributed by atoms with Crippen molar-refractivity contribution in [2.24, 2.45) is 5.73 Å². The Morgan fingerprint density at radius 1 is 1.09 bits per heavy atom. The number of fused-ring (bicyclic) bond motifs is 1. The summed E-state index contributed by atoms with van der Waals surface area (Å²) in [5.41, 5.74) is 7.65. The Bertz CT molecular complexity index is 827. The van der Waals surface area contributed by atoms with Crippen molar-refractivity contribution in [1.82, 2.24) is 0 Å². The maximum atomic E-state index is 11.8. The number of benzene rings is 2. The molecule has 1 aliphatic rings. The summed E-state index contributed by atoms with van der Waals surface area (Å²) >= 11 is 0. The minimum atomic E-state index is -0.653. The van der Waals surface area contributed by atoms with Crippen molar-refractivity contribution in [1.29, 1.82) is 0 Å². The molecule has 0 fully saturated rings. The molecule has 0 heterocycles. The van der Waals surface area contributed by atoms with Gasteiger partial charge in [0.15, 0.2) is 5.78 Å². The average molecular weight is 296 g/mol. The quantitative estimate of drug-likeness (QED) is 0.694. The van der Waals surface area contributed by atoms with Gasteiger partial charge in [-0.1, -0.05) is 18.2 Å². The lowest BCUT2D eigenvalue weighted by Gasteiger charge is -2.09. The monoisotopic (exact) mass is 296 g/mol. The van der Waals surface area contributed by atoms with Crippen LogP contribution >= 0.6 is 0 Å². The molecule has 0 spiro atoms. The summed E-state index contributed by atoms with van der Waals surface area (Å²) < 4.78 is 0. The van der Waals surface area contributed by atoms with Crippen molar-refractivity contribution < 1.29 is 14.5 Å². The number of ketones is 1. The van der Waals surface area contributed by atoms with Crippen LogP contribution in [0.3, 0.4) is 0 Å². The van der Waals surface area contributed by atoms with E-state index in [0.717, 1.165) is 5.56 Å². The average Bonchev–Trinajstić information content (AvgIpc) is 2.88. The normalized spacial score (nSPS) is 13.0. The molecule has 3 rings (SSSR count). The van der Waals surface area contributed by atoms with Crippen LogP contribution in [-0.2, 0) is 6.42 Å². The van der Waals surface area contributed by atoms with E-state index in [1.165, 1.54) is 18.2 Å². The molecular formula is C16H12N2O4. The summed E-state index contributed by atoms with van der Waals surface area (Å²) in [5, 5.41) is 11.3. The van der Waals surface area contributed by atoms with Gasteiger partial charge >= 0.3 is 0 Å². The summed E-state index contributed by atoms with van der Waals surface area (Å²) in [6, 6.07) is 9.16. The maximum absolute atomic E-state index is 11.8. The van der Waals surface area contributed by atoms with Gasteiger partial charge in [-0.05, 0) is 29.7 Å². The Hall–Kier alpha value is -3.02. The first-order valence-electron chi connectivity index (χ1n) is 6.72. The number of nitrogens with two attached hydrogens (primary N) is 1. The fourth-order valence-corrected chi connectivity index (χ4v) is 2.81. The van der Waals surface area contributed by atoms with Gasteiger partial charge in [0.05, 0.1) is 10.5 Å². The summed E-state index contributed by atoms with van der Waals surface area (Å²) in [6.07, 6.45) is 0.942. The molecule has 0 radical (unpaired) electrons. The fourth-order valence-electron chi connectivity index (χ4n) is 2.81. The van der Waals surface area contributed by atoms with Gasteiger partial charge in [0.25, 0.3) is 5.69 Å². The predicted molar refractivity (Wildman–Crippen MR) is 79.7 cm³/mol. The van der Waals surface area contributed by atoms with Crippen molar-refractivity contribution in [3.8, 4) is 11.1 Å². The van der Waals surface area contributed by atoms with Crippen LogP contribution < -0.4 is 5.73 Å². The Kier molecular flexibility index (Phi) is 3.21. The number of carbonyl (C=O) groups is 2. The smallest absolute Gasteiger partial charge is 0.277 e. The van der Waals surface area contributed by atoms with E-state index in [4.69, 9.17) is 5.73 Å². The van der Waals surface area contributed by atoms with Crippen LogP contribution in [0.25, 0.3) is 11.1 Å². The SMILES string of the molecule is NC(=O)c1ccc([N+](=O)[O-])c(-c2cccc3c2CCC3=O)c1. The first-order chi connectivity index (χ1) is 10.5. The number of carbonyl (C=O) groups excluding carboxylic acids is 2. The molecule has 2 aromatic rings. The highest BCUT2D eigenvalue weighted by Gasteiger charge is 2.26. The molecule has 1 aliphatic carbocycles. The first-order valence-corrected chi connectivity index (χ1v) is 6.72. The predicted octanol–water partition coefficient (Wildman–Crippen LogP) is 2.49. The lowest BCUT2D eigenvalue weighted by atomic mass is 9.94. The van der Waals surface area contributed by atoms with Crippen LogP contribution in [0.4, 0.5) is 5.69 Å². The van der Waals surface area contributed by atoms with Crippen LogP contribution in [0, 0.1) is 10.1 Å². The van der Waals surface area contributed by atoms with Crippen molar-refractivity contribution in [2.75, 3.05) is 0 Å². The van der Waals surface area contributed by atoms with Gasteiger partial charge < -0.3 is 5.73 Å². The third-order valence-corrected chi connectivity index (χ3v) is 3.85. The number of amides is 1. The standard InChI is InChI=1S/C16H12N2O4/c17-16(20)9-4-6-14(18(21)22)13(8-9)10-2-1-3-12-11(10)5-7-15(12)19/h1-4,6,8H,5,7H2,(H2,17,20). The fraction of sp³-hybridized carbons (Fsp3) is 0.125. The minimum Gasteiger partial charge on any atom is -0.366 e. The molecule has 6 heteroatoms. The van der Waals surface area contributed by atoms with Crippen LogP contribution in [0.2, 0.25) is 0 Å². The van der Waals surface area contributed by atoms with E-state index in [1.807, 2.05) is 0 Å². The van der Waals surface area contributed by atoms with Crippen molar-refractivity contribution in [3.05, 3.63) is 63.2 Å². The number of Topliss-reactive ketones (excluding diaryl/α,β-unsaturated/α-hetero) is 1. The summed E-state index contributed by atoms with van der Waals surface area (Å²) in [5.74, 6) is -0.620. The second-order valence-electron chi connectivity index (χ2n) is 5.11. The molecule has 110 valence electrons. The number of hydrogen-bond donors (Lipinski definition) is 1. The highest BCUT2D eigenvalue weighted by atomic mass is 16.6. The van der Waals surface area contributed by atoms with Crippen LogP contribution in [0.15, 0.2) is 36.4 Å². The second-order valence-corrected chi connectivity index (χ2v) is 5.11. The summed E-state index contributed by atoms with van der Waals surface area (Å²) in [7, 11) is 0. The Labute approximate surface area is 125 Å². The van der Waals surface area contributed by atoms with Gasteiger partial charge in [0.2, 0.25) is 5.91 Å². The molecular weight excluding hydrogens is 284 g/mol. The number of hydrogen-bond acceptors (Lipinski definition) is 4. The molecule has 2 aromatic carbocycles. The molecule has 0 atom stereocenters. The highest BCUT2D eigenvalue weighted by Crippen LogP contribution is 2.37. The molecule has 0 aromatic heterocycles. The zero-order valence-corrected chi connectivity index (χ0v) is 11.5. The molecule has 0 unspecified atom stereocenters. The van der Waals surface area contributed by atoms with E-state index in [9.17, 15) is 19.7 Å². The molecule has 0 aliphatic heterocycles. The molecule has 2 N–H and O–H groups in total. The Morgan fingerprint density at radius 2 is 1.82 bits per heavy atom. The van der Waals surface area contributed by atoms with Crippen molar-refractivity contribution in [3.63, 3.8) is 0 Å². The minimum absolute atomic E-state index is 0.0329.